The molecule has 1 aromatic rings. The number of aliphatic hydroxyl groups is 1. The lowest BCUT2D eigenvalue weighted by Crippen LogP contribution is -2.38. The van der Waals surface area contributed by atoms with Crippen molar-refractivity contribution in [2.45, 2.75) is 32.6 Å². The highest BCUT2D eigenvalue weighted by Crippen LogP contribution is 2.36. The van der Waals surface area contributed by atoms with Gasteiger partial charge in [-0.3, -0.25) is 4.79 Å². The van der Waals surface area contributed by atoms with Crippen LogP contribution in [-0.4, -0.2) is 31.3 Å². The van der Waals surface area contributed by atoms with Gasteiger partial charge >= 0.3 is 0 Å². The van der Waals surface area contributed by atoms with Gasteiger partial charge in [0, 0.05) is 17.5 Å². The van der Waals surface area contributed by atoms with Crippen LogP contribution in [0.2, 0.25) is 0 Å². The van der Waals surface area contributed by atoms with E-state index in [0.29, 0.717) is 12.1 Å². The van der Waals surface area contributed by atoms with Crippen molar-refractivity contribution >= 4 is 5.91 Å². The van der Waals surface area contributed by atoms with E-state index in [1.165, 1.54) is 0 Å². The number of ether oxygens (including phenoxy) is 1. The quantitative estimate of drug-likeness (QED) is 0.868. The molecule has 0 bridgehead atoms. The Morgan fingerprint density at radius 1 is 1.40 bits per heavy atom. The van der Waals surface area contributed by atoms with Crippen molar-refractivity contribution in [1.29, 1.82) is 0 Å². The van der Waals surface area contributed by atoms with Gasteiger partial charge in [-0.2, -0.15) is 0 Å². The molecule has 1 amide bonds. The molecule has 110 valence electrons. The van der Waals surface area contributed by atoms with Crippen LogP contribution in [0.3, 0.4) is 0 Å². The standard InChI is InChI=1S/C16H23NO3/c1-12-5-6-13(9-14(12)20-2)15(19)17-10-16(11-18)7-3-4-8-16/h5-6,9,18H,3-4,7-8,10-11H2,1-2H3,(H,17,19). The van der Waals surface area contributed by atoms with E-state index in [-0.39, 0.29) is 17.9 Å². The van der Waals surface area contributed by atoms with Gasteiger partial charge in [0.1, 0.15) is 5.75 Å². The molecule has 4 heteroatoms. The van der Waals surface area contributed by atoms with Crippen LogP contribution in [0.1, 0.15) is 41.6 Å². The van der Waals surface area contributed by atoms with Crippen LogP contribution < -0.4 is 10.1 Å². The number of aliphatic hydroxyl groups excluding tert-OH is 1. The summed E-state index contributed by atoms with van der Waals surface area (Å²) in [5.74, 6) is 0.610. The molecule has 0 aliphatic heterocycles. The Labute approximate surface area is 120 Å². The number of benzene rings is 1. The first-order valence-electron chi connectivity index (χ1n) is 7.14. The van der Waals surface area contributed by atoms with Gasteiger partial charge in [-0.15, -0.1) is 0 Å². The van der Waals surface area contributed by atoms with Crippen LogP contribution in [0.4, 0.5) is 0 Å². The highest BCUT2D eigenvalue weighted by atomic mass is 16.5. The molecule has 1 aliphatic rings. The van der Waals surface area contributed by atoms with Crippen molar-refractivity contribution in [3.63, 3.8) is 0 Å². The maximum atomic E-state index is 12.2. The molecule has 0 spiro atoms. The van der Waals surface area contributed by atoms with Crippen molar-refractivity contribution in [3.05, 3.63) is 29.3 Å². The number of hydrogen-bond donors (Lipinski definition) is 2. The normalized spacial score (nSPS) is 16.9. The van der Waals surface area contributed by atoms with E-state index in [2.05, 4.69) is 5.32 Å². The minimum atomic E-state index is -0.121. The minimum Gasteiger partial charge on any atom is -0.496 e. The lowest BCUT2D eigenvalue weighted by Gasteiger charge is -2.26. The van der Waals surface area contributed by atoms with Gasteiger partial charge in [-0.05, 0) is 37.5 Å². The largest absolute Gasteiger partial charge is 0.496 e. The fourth-order valence-corrected chi connectivity index (χ4v) is 2.85. The number of carbonyl (C=O) groups is 1. The molecule has 2 N–H and O–H groups in total. The minimum absolute atomic E-state index is 0.108. The summed E-state index contributed by atoms with van der Waals surface area (Å²) in [6.07, 6.45) is 4.24. The van der Waals surface area contributed by atoms with Crippen molar-refractivity contribution in [1.82, 2.24) is 5.32 Å². The van der Waals surface area contributed by atoms with Crippen molar-refractivity contribution < 1.29 is 14.6 Å². The third kappa shape index (κ3) is 3.12. The van der Waals surface area contributed by atoms with E-state index >= 15 is 0 Å². The molecule has 0 saturated heterocycles. The summed E-state index contributed by atoms with van der Waals surface area (Å²) in [5.41, 5.74) is 1.48. The fraction of sp³-hybridized carbons (Fsp3) is 0.562. The molecular weight excluding hydrogens is 254 g/mol. The summed E-state index contributed by atoms with van der Waals surface area (Å²) >= 11 is 0. The number of amides is 1. The van der Waals surface area contributed by atoms with Crippen LogP contribution in [0.15, 0.2) is 18.2 Å². The third-order valence-corrected chi connectivity index (χ3v) is 4.29. The summed E-state index contributed by atoms with van der Waals surface area (Å²) < 4.78 is 5.23. The molecule has 2 rings (SSSR count). The summed E-state index contributed by atoms with van der Waals surface area (Å²) in [6, 6.07) is 5.43. The predicted molar refractivity (Wildman–Crippen MR) is 78.1 cm³/mol. The van der Waals surface area contributed by atoms with Crippen LogP contribution in [-0.2, 0) is 0 Å². The van der Waals surface area contributed by atoms with Gasteiger partial charge in [0.2, 0.25) is 0 Å². The van der Waals surface area contributed by atoms with Crippen molar-refractivity contribution in [2.75, 3.05) is 20.3 Å². The number of nitrogens with one attached hydrogen (secondary N) is 1. The zero-order valence-corrected chi connectivity index (χ0v) is 12.2. The van der Waals surface area contributed by atoms with E-state index in [9.17, 15) is 9.90 Å². The van der Waals surface area contributed by atoms with Gasteiger partial charge in [-0.25, -0.2) is 0 Å². The van der Waals surface area contributed by atoms with E-state index < -0.39 is 0 Å². The van der Waals surface area contributed by atoms with E-state index in [1.807, 2.05) is 13.0 Å². The molecule has 20 heavy (non-hydrogen) atoms. The third-order valence-electron chi connectivity index (χ3n) is 4.29. The number of aryl methyl sites for hydroxylation is 1. The molecule has 0 radical (unpaired) electrons. The molecule has 1 aromatic carbocycles. The Kier molecular flexibility index (Phi) is 4.65. The van der Waals surface area contributed by atoms with Crippen LogP contribution in [0, 0.1) is 12.3 Å². The maximum absolute atomic E-state index is 12.2. The predicted octanol–water partition coefficient (Wildman–Crippen LogP) is 2.29. The van der Waals surface area contributed by atoms with Crippen molar-refractivity contribution in [2.24, 2.45) is 5.41 Å². The van der Waals surface area contributed by atoms with Gasteiger partial charge in [-0.1, -0.05) is 18.9 Å². The lowest BCUT2D eigenvalue weighted by atomic mass is 9.87. The molecule has 4 nitrogen and oxygen atoms in total. The summed E-state index contributed by atoms with van der Waals surface area (Å²) in [5, 5.41) is 12.5. The average molecular weight is 277 g/mol. The number of methoxy groups -OCH3 is 1. The molecule has 0 atom stereocenters. The Morgan fingerprint density at radius 3 is 2.70 bits per heavy atom. The van der Waals surface area contributed by atoms with E-state index in [0.717, 1.165) is 37.0 Å². The first kappa shape index (κ1) is 14.9. The van der Waals surface area contributed by atoms with E-state index in [4.69, 9.17) is 4.74 Å². The Morgan fingerprint density at radius 2 is 2.10 bits per heavy atom. The molecule has 0 heterocycles. The second-order valence-corrected chi connectivity index (χ2v) is 5.73. The highest BCUT2D eigenvalue weighted by molar-refractivity contribution is 5.94. The fourth-order valence-electron chi connectivity index (χ4n) is 2.85. The number of hydrogen-bond acceptors (Lipinski definition) is 3. The van der Waals surface area contributed by atoms with Gasteiger partial charge in [0.25, 0.3) is 5.91 Å². The SMILES string of the molecule is COc1cc(C(=O)NCC2(CO)CCCC2)ccc1C. The number of rotatable bonds is 5. The van der Waals surface area contributed by atoms with Gasteiger partial charge in [0.15, 0.2) is 0 Å². The average Bonchev–Trinajstić information content (AvgIpc) is 2.95. The van der Waals surface area contributed by atoms with Crippen LogP contribution in [0.5, 0.6) is 5.75 Å². The highest BCUT2D eigenvalue weighted by Gasteiger charge is 2.33. The molecule has 1 saturated carbocycles. The molecule has 1 fully saturated rings. The van der Waals surface area contributed by atoms with Gasteiger partial charge in [0.05, 0.1) is 13.7 Å². The van der Waals surface area contributed by atoms with Gasteiger partial charge < -0.3 is 15.2 Å². The first-order chi connectivity index (χ1) is 9.60. The Bertz CT molecular complexity index is 479. The number of carbonyl (C=O) groups excluding carboxylic acids is 1. The molecule has 0 unspecified atom stereocenters. The summed E-state index contributed by atoms with van der Waals surface area (Å²) in [6.45, 7) is 2.63. The van der Waals surface area contributed by atoms with E-state index in [1.54, 1.807) is 19.2 Å². The molecule has 0 aromatic heterocycles. The zero-order chi connectivity index (χ0) is 14.6. The second-order valence-electron chi connectivity index (χ2n) is 5.73. The molecule has 1 aliphatic carbocycles. The Hall–Kier alpha value is -1.55. The lowest BCUT2D eigenvalue weighted by molar-refractivity contribution is 0.0880. The molecular formula is C16H23NO3. The first-order valence-corrected chi connectivity index (χ1v) is 7.14. The monoisotopic (exact) mass is 277 g/mol. The zero-order valence-electron chi connectivity index (χ0n) is 12.2. The smallest absolute Gasteiger partial charge is 0.251 e. The van der Waals surface area contributed by atoms with Crippen LogP contribution in [0.25, 0.3) is 0 Å². The maximum Gasteiger partial charge on any atom is 0.251 e. The van der Waals surface area contributed by atoms with Crippen molar-refractivity contribution in [3.8, 4) is 5.75 Å². The summed E-state index contributed by atoms with van der Waals surface area (Å²) in [4.78, 5) is 12.2. The van der Waals surface area contributed by atoms with Crippen LogP contribution >= 0.6 is 0 Å². The Balaban J connectivity index is 2.01. The topological polar surface area (TPSA) is 58.6 Å². The second kappa shape index (κ2) is 6.27. The summed E-state index contributed by atoms with van der Waals surface area (Å²) in [7, 11) is 1.60.